The molecule has 0 aromatic carbocycles. The number of halogens is 1. The lowest BCUT2D eigenvalue weighted by molar-refractivity contribution is 0.101. The van der Waals surface area contributed by atoms with Crippen LogP contribution in [0.1, 0.15) is 27.2 Å². The number of hydrogen-bond donors (Lipinski definition) is 0. The van der Waals surface area contributed by atoms with E-state index in [2.05, 4.69) is 22.9 Å². The number of aryl methyl sites for hydroxylation is 1. The monoisotopic (exact) mass is 284 g/mol. The molecule has 15 heavy (non-hydrogen) atoms. The first kappa shape index (κ1) is 10.6. The summed E-state index contributed by atoms with van der Waals surface area (Å²) in [7, 11) is 0. The third-order valence-corrected chi connectivity index (χ3v) is 3.91. The standard InChI is InChI=1S/C11H9BrO2S/c1-2-7-3-4-9(15-7)10(13)11-8(12)5-6-14-11/h3-6H,2H2,1H3. The summed E-state index contributed by atoms with van der Waals surface area (Å²) in [6.07, 6.45) is 2.46. The van der Waals surface area contributed by atoms with Gasteiger partial charge in [0, 0.05) is 4.88 Å². The van der Waals surface area contributed by atoms with Crippen LogP contribution in [0.15, 0.2) is 33.4 Å². The Morgan fingerprint density at radius 3 is 2.80 bits per heavy atom. The molecule has 0 aliphatic carbocycles. The van der Waals surface area contributed by atoms with Gasteiger partial charge in [-0.15, -0.1) is 11.3 Å². The molecule has 0 bridgehead atoms. The van der Waals surface area contributed by atoms with Crippen LogP contribution in [0.4, 0.5) is 0 Å². The van der Waals surface area contributed by atoms with Crippen molar-refractivity contribution in [1.29, 1.82) is 0 Å². The number of carbonyl (C=O) groups is 1. The molecule has 0 saturated carbocycles. The van der Waals surface area contributed by atoms with Crippen molar-refractivity contribution in [3.8, 4) is 0 Å². The molecule has 2 rings (SSSR count). The van der Waals surface area contributed by atoms with Gasteiger partial charge >= 0.3 is 0 Å². The van der Waals surface area contributed by atoms with E-state index in [0.717, 1.165) is 11.3 Å². The third kappa shape index (κ3) is 2.06. The lowest BCUT2D eigenvalue weighted by atomic mass is 10.2. The van der Waals surface area contributed by atoms with E-state index >= 15 is 0 Å². The van der Waals surface area contributed by atoms with Gasteiger partial charge in [-0.05, 0) is 40.5 Å². The van der Waals surface area contributed by atoms with Gasteiger partial charge in [0.15, 0.2) is 5.76 Å². The molecule has 0 saturated heterocycles. The maximum Gasteiger partial charge on any atom is 0.239 e. The van der Waals surface area contributed by atoms with Gasteiger partial charge in [0.1, 0.15) is 0 Å². The third-order valence-electron chi connectivity index (χ3n) is 2.06. The van der Waals surface area contributed by atoms with E-state index in [-0.39, 0.29) is 5.78 Å². The fourth-order valence-electron chi connectivity index (χ4n) is 1.26. The normalized spacial score (nSPS) is 10.5. The highest BCUT2D eigenvalue weighted by Gasteiger charge is 2.17. The lowest BCUT2D eigenvalue weighted by Gasteiger charge is -1.93. The summed E-state index contributed by atoms with van der Waals surface area (Å²) in [4.78, 5) is 13.9. The number of furan rings is 1. The molecule has 0 aliphatic rings. The Morgan fingerprint density at radius 2 is 2.27 bits per heavy atom. The van der Waals surface area contributed by atoms with Crippen molar-refractivity contribution < 1.29 is 9.21 Å². The molecule has 2 nitrogen and oxygen atoms in total. The Kier molecular flexibility index (Phi) is 3.07. The molecule has 2 aromatic rings. The molecule has 0 amide bonds. The molecule has 0 aliphatic heterocycles. The molecule has 4 heteroatoms. The molecule has 0 radical (unpaired) electrons. The Balaban J connectivity index is 2.32. The molecular weight excluding hydrogens is 276 g/mol. The topological polar surface area (TPSA) is 30.2 Å². The van der Waals surface area contributed by atoms with E-state index in [1.165, 1.54) is 22.5 Å². The second-order valence-electron chi connectivity index (χ2n) is 3.05. The summed E-state index contributed by atoms with van der Waals surface area (Å²) < 4.78 is 5.84. The second kappa shape index (κ2) is 4.33. The van der Waals surface area contributed by atoms with E-state index in [9.17, 15) is 4.79 Å². The summed E-state index contributed by atoms with van der Waals surface area (Å²) in [5.74, 6) is 0.316. The SMILES string of the molecule is CCc1ccc(C(=O)c2occc2Br)s1. The Morgan fingerprint density at radius 1 is 1.47 bits per heavy atom. The van der Waals surface area contributed by atoms with Crippen molar-refractivity contribution in [3.63, 3.8) is 0 Å². The summed E-state index contributed by atoms with van der Waals surface area (Å²) in [6.45, 7) is 2.07. The number of ketones is 1. The average Bonchev–Trinajstić information content (AvgIpc) is 2.84. The van der Waals surface area contributed by atoms with Gasteiger partial charge in [-0.3, -0.25) is 4.79 Å². The van der Waals surface area contributed by atoms with Crippen molar-refractivity contribution in [1.82, 2.24) is 0 Å². The predicted molar refractivity (Wildman–Crippen MR) is 63.5 cm³/mol. The minimum Gasteiger partial charge on any atom is -0.460 e. The number of hydrogen-bond acceptors (Lipinski definition) is 3. The quantitative estimate of drug-likeness (QED) is 0.801. The van der Waals surface area contributed by atoms with Crippen molar-refractivity contribution in [2.75, 3.05) is 0 Å². The summed E-state index contributed by atoms with van der Waals surface area (Å²) in [5, 5.41) is 0. The van der Waals surface area contributed by atoms with Crippen LogP contribution in [0.5, 0.6) is 0 Å². The van der Waals surface area contributed by atoms with Crippen LogP contribution in [0.2, 0.25) is 0 Å². The van der Waals surface area contributed by atoms with Crippen LogP contribution in [0.3, 0.4) is 0 Å². The van der Waals surface area contributed by atoms with Crippen LogP contribution < -0.4 is 0 Å². The van der Waals surface area contributed by atoms with Gasteiger partial charge in [0.25, 0.3) is 0 Å². The fraction of sp³-hybridized carbons (Fsp3) is 0.182. The molecule has 0 fully saturated rings. The molecule has 0 unspecified atom stereocenters. The van der Waals surface area contributed by atoms with Crippen molar-refractivity contribution in [2.45, 2.75) is 13.3 Å². The summed E-state index contributed by atoms with van der Waals surface area (Å²) in [6, 6.07) is 5.55. The number of rotatable bonds is 3. The zero-order valence-electron chi connectivity index (χ0n) is 8.12. The maximum absolute atomic E-state index is 11.9. The van der Waals surface area contributed by atoms with Crippen molar-refractivity contribution in [3.05, 3.63) is 44.4 Å². The van der Waals surface area contributed by atoms with E-state index in [1.54, 1.807) is 6.07 Å². The van der Waals surface area contributed by atoms with Crippen LogP contribution in [0.25, 0.3) is 0 Å². The Labute approximate surface area is 100 Å². The van der Waals surface area contributed by atoms with E-state index < -0.39 is 0 Å². The molecular formula is C11H9BrO2S. The van der Waals surface area contributed by atoms with Gasteiger partial charge in [0.2, 0.25) is 5.78 Å². The van der Waals surface area contributed by atoms with E-state index in [4.69, 9.17) is 4.42 Å². The van der Waals surface area contributed by atoms with E-state index in [0.29, 0.717) is 10.2 Å². The lowest BCUT2D eigenvalue weighted by Crippen LogP contribution is -1.96. The number of carbonyl (C=O) groups excluding carboxylic acids is 1. The first-order chi connectivity index (χ1) is 7.22. The van der Waals surface area contributed by atoms with Gasteiger partial charge in [-0.2, -0.15) is 0 Å². The van der Waals surface area contributed by atoms with Crippen LogP contribution in [-0.2, 0) is 6.42 Å². The maximum atomic E-state index is 11.9. The fourth-order valence-corrected chi connectivity index (χ4v) is 2.52. The Hall–Kier alpha value is -0.870. The first-order valence-electron chi connectivity index (χ1n) is 4.58. The molecule has 2 heterocycles. The molecule has 0 spiro atoms. The van der Waals surface area contributed by atoms with Gasteiger partial charge in [-0.25, -0.2) is 0 Å². The molecule has 0 atom stereocenters. The highest BCUT2D eigenvalue weighted by atomic mass is 79.9. The average molecular weight is 285 g/mol. The zero-order valence-corrected chi connectivity index (χ0v) is 10.5. The smallest absolute Gasteiger partial charge is 0.239 e. The highest BCUT2D eigenvalue weighted by Crippen LogP contribution is 2.25. The number of thiophene rings is 1. The van der Waals surface area contributed by atoms with Crippen molar-refractivity contribution in [2.24, 2.45) is 0 Å². The molecule has 2 aromatic heterocycles. The minimum absolute atomic E-state index is 0.0587. The van der Waals surface area contributed by atoms with Crippen LogP contribution in [-0.4, -0.2) is 5.78 Å². The van der Waals surface area contributed by atoms with Gasteiger partial charge in [0.05, 0.1) is 15.6 Å². The zero-order chi connectivity index (χ0) is 10.8. The first-order valence-corrected chi connectivity index (χ1v) is 6.19. The Bertz CT molecular complexity index is 484. The second-order valence-corrected chi connectivity index (χ2v) is 5.07. The summed E-state index contributed by atoms with van der Waals surface area (Å²) >= 11 is 4.80. The minimum atomic E-state index is -0.0587. The molecule has 0 N–H and O–H groups in total. The van der Waals surface area contributed by atoms with Crippen LogP contribution in [0, 0.1) is 0 Å². The predicted octanol–water partition coefficient (Wildman–Crippen LogP) is 3.90. The summed E-state index contributed by atoms with van der Waals surface area (Å²) in [5.41, 5.74) is 0. The largest absolute Gasteiger partial charge is 0.460 e. The highest BCUT2D eigenvalue weighted by molar-refractivity contribution is 9.10. The molecule has 78 valence electrons. The van der Waals surface area contributed by atoms with Crippen molar-refractivity contribution >= 4 is 33.0 Å². The van der Waals surface area contributed by atoms with Gasteiger partial charge in [-0.1, -0.05) is 6.92 Å². The van der Waals surface area contributed by atoms with Crippen LogP contribution >= 0.6 is 27.3 Å². The van der Waals surface area contributed by atoms with Gasteiger partial charge < -0.3 is 4.42 Å². The van der Waals surface area contributed by atoms with E-state index in [1.807, 2.05) is 12.1 Å².